The molecule has 0 saturated carbocycles. The third kappa shape index (κ3) is 3.40. The molecule has 0 radical (unpaired) electrons. The minimum absolute atomic E-state index is 0.0786. The van der Waals surface area contributed by atoms with E-state index in [0.29, 0.717) is 31.8 Å². The summed E-state index contributed by atoms with van der Waals surface area (Å²) in [6.45, 7) is 0.908. The predicted molar refractivity (Wildman–Crippen MR) is 101 cm³/mol. The van der Waals surface area contributed by atoms with Crippen LogP contribution in [0.3, 0.4) is 0 Å². The molecule has 0 spiro atoms. The topological polar surface area (TPSA) is 88.8 Å². The van der Waals surface area contributed by atoms with E-state index in [2.05, 4.69) is 5.32 Å². The first-order chi connectivity index (χ1) is 13.1. The molecule has 1 aliphatic rings. The molecule has 1 aliphatic heterocycles. The molecule has 1 aromatic heterocycles. The normalized spacial score (nSPS) is 16.4. The summed E-state index contributed by atoms with van der Waals surface area (Å²) in [5.41, 5.74) is -0.208. The number of rotatable bonds is 5. The number of nitrogens with one attached hydrogen (secondary N) is 1. The number of hydrogen-bond donors (Lipinski definition) is 2. The van der Waals surface area contributed by atoms with Crippen molar-refractivity contribution in [1.82, 2.24) is 5.32 Å². The lowest BCUT2D eigenvalue weighted by molar-refractivity contribution is -0.154. The van der Waals surface area contributed by atoms with Gasteiger partial charge in [0.05, 0.1) is 11.8 Å². The number of amides is 1. The lowest BCUT2D eigenvalue weighted by atomic mass is 9.80. The molecule has 1 fully saturated rings. The molecule has 6 heteroatoms. The van der Waals surface area contributed by atoms with E-state index in [0.717, 1.165) is 21.7 Å². The number of carboxylic acids is 1. The van der Waals surface area contributed by atoms with Gasteiger partial charge >= 0.3 is 5.97 Å². The number of fused-ring (bicyclic) bond motifs is 3. The molecular weight excluding hydrogens is 346 g/mol. The number of carboxylic acid groups (broad SMARTS) is 1. The van der Waals surface area contributed by atoms with Gasteiger partial charge in [-0.3, -0.25) is 9.59 Å². The van der Waals surface area contributed by atoms with E-state index >= 15 is 0 Å². The summed E-state index contributed by atoms with van der Waals surface area (Å²) in [6.07, 6.45) is 0.883. The van der Waals surface area contributed by atoms with Crippen molar-refractivity contribution in [3.8, 4) is 0 Å². The van der Waals surface area contributed by atoms with Crippen LogP contribution in [0.2, 0.25) is 0 Å². The third-order valence-electron chi connectivity index (χ3n) is 5.34. The highest BCUT2D eigenvalue weighted by atomic mass is 16.5. The van der Waals surface area contributed by atoms with Crippen molar-refractivity contribution in [2.45, 2.75) is 19.3 Å². The summed E-state index contributed by atoms with van der Waals surface area (Å²) >= 11 is 0. The first-order valence-electron chi connectivity index (χ1n) is 9.05. The Balaban J connectivity index is 1.48. The first-order valence-corrected chi connectivity index (χ1v) is 9.05. The number of carbonyl (C=O) groups is 2. The van der Waals surface area contributed by atoms with Gasteiger partial charge in [-0.1, -0.05) is 30.3 Å². The molecular formula is C21H21NO5. The van der Waals surface area contributed by atoms with E-state index in [1.54, 1.807) is 0 Å². The Morgan fingerprint density at radius 2 is 1.85 bits per heavy atom. The van der Waals surface area contributed by atoms with Crippen LogP contribution in [-0.4, -0.2) is 36.7 Å². The molecule has 2 heterocycles. The predicted octanol–water partition coefficient (Wildman–Crippen LogP) is 3.13. The van der Waals surface area contributed by atoms with Crippen LogP contribution in [0.1, 0.15) is 18.6 Å². The van der Waals surface area contributed by atoms with Crippen LogP contribution in [0.5, 0.6) is 0 Å². The second-order valence-corrected chi connectivity index (χ2v) is 7.06. The summed E-state index contributed by atoms with van der Waals surface area (Å²) in [7, 11) is 0. The first kappa shape index (κ1) is 17.5. The molecule has 2 aromatic carbocycles. The van der Waals surface area contributed by atoms with Crippen LogP contribution in [0.15, 0.2) is 46.9 Å². The summed E-state index contributed by atoms with van der Waals surface area (Å²) < 4.78 is 11.1. The summed E-state index contributed by atoms with van der Waals surface area (Å²) in [5.74, 6) is -0.568. The fraction of sp³-hybridized carbons (Fsp3) is 0.333. The van der Waals surface area contributed by atoms with E-state index in [1.807, 2.05) is 42.5 Å². The maximum absolute atomic E-state index is 12.4. The van der Waals surface area contributed by atoms with Crippen LogP contribution in [0.4, 0.5) is 0 Å². The van der Waals surface area contributed by atoms with Crippen LogP contribution in [0.25, 0.3) is 21.7 Å². The Kier molecular flexibility index (Phi) is 4.58. The van der Waals surface area contributed by atoms with Crippen molar-refractivity contribution in [2.75, 3.05) is 19.8 Å². The number of aliphatic carboxylic acids is 1. The van der Waals surface area contributed by atoms with Crippen LogP contribution in [0, 0.1) is 5.41 Å². The van der Waals surface area contributed by atoms with E-state index < -0.39 is 11.4 Å². The molecule has 0 aliphatic carbocycles. The molecule has 3 aromatic rings. The van der Waals surface area contributed by atoms with Gasteiger partial charge in [0.2, 0.25) is 5.91 Å². The number of ether oxygens (including phenoxy) is 1. The van der Waals surface area contributed by atoms with Crippen LogP contribution >= 0.6 is 0 Å². The summed E-state index contributed by atoms with van der Waals surface area (Å²) in [6, 6.07) is 13.8. The summed E-state index contributed by atoms with van der Waals surface area (Å²) in [4.78, 5) is 24.0. The Hall–Kier alpha value is -2.86. The average Bonchev–Trinajstić information content (AvgIpc) is 3.10. The lowest BCUT2D eigenvalue weighted by Crippen LogP contribution is -2.46. The Morgan fingerprint density at radius 1 is 1.07 bits per heavy atom. The second kappa shape index (κ2) is 7.04. The van der Waals surface area contributed by atoms with Crippen molar-refractivity contribution < 1.29 is 23.8 Å². The molecule has 4 rings (SSSR count). The smallest absolute Gasteiger partial charge is 0.311 e. The van der Waals surface area contributed by atoms with E-state index in [1.165, 1.54) is 0 Å². The Morgan fingerprint density at radius 3 is 2.63 bits per heavy atom. The third-order valence-corrected chi connectivity index (χ3v) is 5.34. The highest BCUT2D eigenvalue weighted by molar-refractivity contribution is 6.06. The van der Waals surface area contributed by atoms with Gasteiger partial charge in [-0.2, -0.15) is 0 Å². The van der Waals surface area contributed by atoms with Gasteiger partial charge in [0.25, 0.3) is 0 Å². The maximum Gasteiger partial charge on any atom is 0.311 e. The zero-order chi connectivity index (χ0) is 18.9. The van der Waals surface area contributed by atoms with Crippen molar-refractivity contribution in [3.63, 3.8) is 0 Å². The maximum atomic E-state index is 12.4. The number of carbonyl (C=O) groups excluding carboxylic acids is 1. The van der Waals surface area contributed by atoms with Gasteiger partial charge < -0.3 is 19.6 Å². The zero-order valence-corrected chi connectivity index (χ0v) is 14.9. The molecule has 6 nitrogen and oxygen atoms in total. The zero-order valence-electron chi connectivity index (χ0n) is 14.9. The molecule has 2 N–H and O–H groups in total. The van der Waals surface area contributed by atoms with Crippen LogP contribution < -0.4 is 5.32 Å². The number of benzene rings is 2. The quantitative estimate of drug-likeness (QED) is 0.723. The van der Waals surface area contributed by atoms with Crippen molar-refractivity contribution >= 4 is 33.6 Å². The minimum atomic E-state index is -0.946. The fourth-order valence-electron chi connectivity index (χ4n) is 3.65. The van der Waals surface area contributed by atoms with E-state index in [9.17, 15) is 14.7 Å². The van der Waals surface area contributed by atoms with Crippen molar-refractivity contribution in [3.05, 3.63) is 48.2 Å². The van der Waals surface area contributed by atoms with Gasteiger partial charge in [0.1, 0.15) is 11.3 Å². The molecule has 1 amide bonds. The standard InChI is InChI=1S/C21H21NO5/c23-19(22-13-21(20(24)25)7-9-26-10-8-21)12-15-11-17-16-4-2-1-3-14(16)5-6-18(17)27-15/h1-6,11H,7-10,12-13H2,(H,22,23)(H,24,25). The minimum Gasteiger partial charge on any atom is -0.481 e. The number of furan rings is 1. The average molecular weight is 367 g/mol. The molecule has 0 atom stereocenters. The van der Waals surface area contributed by atoms with E-state index in [-0.39, 0.29) is 18.9 Å². The molecule has 27 heavy (non-hydrogen) atoms. The SMILES string of the molecule is O=C(Cc1cc2c(ccc3ccccc32)o1)NCC1(C(=O)O)CCOCC1. The highest BCUT2D eigenvalue weighted by Gasteiger charge is 2.40. The monoisotopic (exact) mass is 367 g/mol. The molecule has 140 valence electrons. The van der Waals surface area contributed by atoms with Crippen LogP contribution in [-0.2, 0) is 20.7 Å². The van der Waals surface area contributed by atoms with Gasteiger partial charge in [-0.25, -0.2) is 0 Å². The Labute approximate surface area is 156 Å². The summed E-state index contributed by atoms with van der Waals surface area (Å²) in [5, 5.41) is 15.5. The second-order valence-electron chi connectivity index (χ2n) is 7.06. The Bertz CT molecular complexity index is 1000. The van der Waals surface area contributed by atoms with Crippen molar-refractivity contribution in [1.29, 1.82) is 0 Å². The molecule has 0 bridgehead atoms. The van der Waals surface area contributed by atoms with Gasteiger partial charge in [0, 0.05) is 25.1 Å². The highest BCUT2D eigenvalue weighted by Crippen LogP contribution is 2.31. The van der Waals surface area contributed by atoms with Gasteiger partial charge in [-0.05, 0) is 35.7 Å². The van der Waals surface area contributed by atoms with E-state index in [4.69, 9.17) is 9.15 Å². The molecule has 0 unspecified atom stereocenters. The lowest BCUT2D eigenvalue weighted by Gasteiger charge is -2.33. The fourth-order valence-corrected chi connectivity index (χ4v) is 3.65. The van der Waals surface area contributed by atoms with Gasteiger partial charge in [0.15, 0.2) is 0 Å². The van der Waals surface area contributed by atoms with Crippen molar-refractivity contribution in [2.24, 2.45) is 5.41 Å². The van der Waals surface area contributed by atoms with Gasteiger partial charge in [-0.15, -0.1) is 0 Å². The largest absolute Gasteiger partial charge is 0.481 e. The number of hydrogen-bond acceptors (Lipinski definition) is 4. The molecule has 1 saturated heterocycles.